The van der Waals surface area contributed by atoms with Crippen molar-refractivity contribution in [2.75, 3.05) is 25.5 Å². The fourth-order valence-electron chi connectivity index (χ4n) is 4.39. The first kappa shape index (κ1) is 29.0. The Labute approximate surface area is 227 Å². The predicted octanol–water partition coefficient (Wildman–Crippen LogP) is 6.33. The molecule has 0 spiro atoms. The molecule has 0 saturated heterocycles. The maximum absolute atomic E-state index is 13.7. The number of benzene rings is 2. The maximum atomic E-state index is 13.7. The number of unbranched alkanes of at least 4 members (excludes halogenated alkanes) is 2. The van der Waals surface area contributed by atoms with Crippen LogP contribution in [0.4, 0.5) is 5.82 Å². The average Bonchev–Trinajstić information content (AvgIpc) is 3.33. The molecule has 0 saturated carbocycles. The topological polar surface area (TPSA) is 76.5 Å². The average molecular weight is 519 g/mol. The Balaban J connectivity index is 1.85. The Morgan fingerprint density at radius 3 is 2.29 bits per heavy atom. The molecule has 1 aromatic heterocycles. The monoisotopic (exact) mass is 518 g/mol. The number of aromatic nitrogens is 2. The van der Waals surface area contributed by atoms with Crippen molar-refractivity contribution in [2.45, 2.75) is 71.6 Å². The molecule has 0 aliphatic heterocycles. The minimum absolute atomic E-state index is 0.00940. The molecule has 1 heterocycles. The van der Waals surface area contributed by atoms with Gasteiger partial charge in [0.1, 0.15) is 11.6 Å². The van der Waals surface area contributed by atoms with Crippen LogP contribution in [0.3, 0.4) is 0 Å². The van der Waals surface area contributed by atoms with E-state index < -0.39 is 0 Å². The first-order chi connectivity index (χ1) is 18.2. The van der Waals surface area contributed by atoms with E-state index >= 15 is 0 Å². The van der Waals surface area contributed by atoms with E-state index in [1.807, 2.05) is 67.6 Å². The molecular formula is C31H42N4O3. The number of nitrogens with one attached hydrogen (secondary N) is 1. The predicted molar refractivity (Wildman–Crippen MR) is 153 cm³/mol. The van der Waals surface area contributed by atoms with E-state index in [4.69, 9.17) is 9.84 Å². The molecule has 0 aliphatic carbocycles. The van der Waals surface area contributed by atoms with Gasteiger partial charge in [-0.1, -0.05) is 77.8 Å². The molecule has 2 amide bonds. The van der Waals surface area contributed by atoms with Gasteiger partial charge in [-0.15, -0.1) is 0 Å². The molecule has 3 rings (SSSR count). The van der Waals surface area contributed by atoms with Crippen LogP contribution in [-0.4, -0.2) is 46.7 Å². The molecule has 1 N–H and O–H groups in total. The zero-order chi connectivity index (χ0) is 27.7. The standard InChI is InChI=1S/C31H42N4O3/c1-7-9-13-20-34(30(37)26(8-2)23-14-11-10-12-15-23)22-29(36)32-28-21-27(31(3,4)5)33-35(28)24-16-18-25(38-6)19-17-24/h10-12,14-19,21,26H,7-9,13,20,22H2,1-6H3,(H,32,36). The second kappa shape index (κ2) is 13.3. The summed E-state index contributed by atoms with van der Waals surface area (Å²) in [4.78, 5) is 28.8. The van der Waals surface area contributed by atoms with E-state index in [0.29, 0.717) is 18.8 Å². The molecule has 0 radical (unpaired) electrons. The van der Waals surface area contributed by atoms with Gasteiger partial charge in [0.25, 0.3) is 0 Å². The number of carbonyl (C=O) groups is 2. The van der Waals surface area contributed by atoms with Crippen molar-refractivity contribution in [1.29, 1.82) is 0 Å². The van der Waals surface area contributed by atoms with Crippen LogP contribution >= 0.6 is 0 Å². The fraction of sp³-hybridized carbons (Fsp3) is 0.452. The van der Waals surface area contributed by atoms with E-state index in [2.05, 4.69) is 33.0 Å². The van der Waals surface area contributed by atoms with Crippen LogP contribution in [0.5, 0.6) is 5.75 Å². The fourth-order valence-corrected chi connectivity index (χ4v) is 4.39. The first-order valence-electron chi connectivity index (χ1n) is 13.6. The van der Waals surface area contributed by atoms with Gasteiger partial charge in [0.2, 0.25) is 11.8 Å². The van der Waals surface area contributed by atoms with Crippen LogP contribution in [-0.2, 0) is 15.0 Å². The zero-order valence-electron chi connectivity index (χ0n) is 23.7. The summed E-state index contributed by atoms with van der Waals surface area (Å²) in [6.45, 7) is 10.9. The van der Waals surface area contributed by atoms with Gasteiger partial charge < -0.3 is 15.0 Å². The SMILES string of the molecule is CCCCCN(CC(=O)Nc1cc(C(C)(C)C)nn1-c1ccc(OC)cc1)C(=O)C(CC)c1ccccc1. The molecule has 38 heavy (non-hydrogen) atoms. The smallest absolute Gasteiger partial charge is 0.245 e. The number of ether oxygens (including phenoxy) is 1. The number of rotatable bonds is 12. The lowest BCUT2D eigenvalue weighted by Gasteiger charge is -2.27. The van der Waals surface area contributed by atoms with E-state index in [9.17, 15) is 9.59 Å². The normalized spacial score (nSPS) is 12.2. The molecule has 1 unspecified atom stereocenters. The van der Waals surface area contributed by atoms with Crippen LogP contribution in [0.15, 0.2) is 60.7 Å². The van der Waals surface area contributed by atoms with Gasteiger partial charge >= 0.3 is 0 Å². The number of carbonyl (C=O) groups excluding carboxylic acids is 2. The second-order valence-electron chi connectivity index (χ2n) is 10.7. The van der Waals surface area contributed by atoms with E-state index in [0.717, 1.165) is 42.0 Å². The third-order valence-corrected chi connectivity index (χ3v) is 6.65. The third-order valence-electron chi connectivity index (χ3n) is 6.65. The Morgan fingerprint density at radius 2 is 1.71 bits per heavy atom. The van der Waals surface area contributed by atoms with Crippen molar-refractivity contribution in [2.24, 2.45) is 0 Å². The van der Waals surface area contributed by atoms with Gasteiger partial charge in [-0.2, -0.15) is 5.10 Å². The summed E-state index contributed by atoms with van der Waals surface area (Å²) in [6.07, 6.45) is 3.58. The van der Waals surface area contributed by atoms with Crippen molar-refractivity contribution in [1.82, 2.24) is 14.7 Å². The van der Waals surface area contributed by atoms with E-state index in [1.165, 1.54) is 0 Å². The highest BCUT2D eigenvalue weighted by atomic mass is 16.5. The highest BCUT2D eigenvalue weighted by molar-refractivity contribution is 5.95. The maximum Gasteiger partial charge on any atom is 0.245 e. The summed E-state index contributed by atoms with van der Waals surface area (Å²) in [5, 5.41) is 7.84. The summed E-state index contributed by atoms with van der Waals surface area (Å²) in [6, 6.07) is 19.3. The minimum atomic E-state index is -0.275. The first-order valence-corrected chi connectivity index (χ1v) is 13.6. The molecule has 1 atom stereocenters. The quantitative estimate of drug-likeness (QED) is 0.284. The van der Waals surface area contributed by atoms with Crippen LogP contribution in [0.2, 0.25) is 0 Å². The van der Waals surface area contributed by atoms with E-state index in [1.54, 1.807) is 16.7 Å². The summed E-state index contributed by atoms with van der Waals surface area (Å²) in [7, 11) is 1.63. The summed E-state index contributed by atoms with van der Waals surface area (Å²) in [5.41, 5.74) is 2.44. The number of hydrogen-bond donors (Lipinski definition) is 1. The summed E-state index contributed by atoms with van der Waals surface area (Å²) in [5.74, 6) is 0.786. The number of nitrogens with zero attached hydrogens (tertiary/aromatic N) is 3. The lowest BCUT2D eigenvalue weighted by atomic mass is 9.92. The van der Waals surface area contributed by atoms with Crippen LogP contribution in [0, 0.1) is 0 Å². The van der Waals surface area contributed by atoms with Crippen LogP contribution in [0.1, 0.15) is 77.5 Å². The van der Waals surface area contributed by atoms with Crippen molar-refractivity contribution in [3.05, 3.63) is 71.9 Å². The van der Waals surface area contributed by atoms with Gasteiger partial charge in [-0.3, -0.25) is 9.59 Å². The highest BCUT2D eigenvalue weighted by Crippen LogP contribution is 2.27. The number of hydrogen-bond acceptors (Lipinski definition) is 4. The molecule has 0 aliphatic rings. The lowest BCUT2D eigenvalue weighted by Crippen LogP contribution is -2.41. The molecule has 0 bridgehead atoms. The Hall–Kier alpha value is -3.61. The number of anilines is 1. The van der Waals surface area contributed by atoms with Crippen molar-refractivity contribution >= 4 is 17.6 Å². The third kappa shape index (κ3) is 7.46. The Bertz CT molecular complexity index is 1180. The zero-order valence-corrected chi connectivity index (χ0v) is 23.7. The van der Waals surface area contributed by atoms with Gasteiger partial charge in [0.05, 0.1) is 31.0 Å². The molecule has 7 nitrogen and oxygen atoms in total. The van der Waals surface area contributed by atoms with Gasteiger partial charge in [0.15, 0.2) is 0 Å². The molecular weight excluding hydrogens is 476 g/mol. The number of amides is 2. The van der Waals surface area contributed by atoms with Gasteiger partial charge in [-0.05, 0) is 42.7 Å². The summed E-state index contributed by atoms with van der Waals surface area (Å²) >= 11 is 0. The van der Waals surface area contributed by atoms with Crippen molar-refractivity contribution in [3.63, 3.8) is 0 Å². The summed E-state index contributed by atoms with van der Waals surface area (Å²) < 4.78 is 7.03. The molecule has 2 aromatic carbocycles. The Morgan fingerprint density at radius 1 is 1.03 bits per heavy atom. The van der Waals surface area contributed by atoms with Crippen molar-refractivity contribution < 1.29 is 14.3 Å². The highest BCUT2D eigenvalue weighted by Gasteiger charge is 2.27. The lowest BCUT2D eigenvalue weighted by molar-refractivity contribution is -0.136. The van der Waals surface area contributed by atoms with Crippen molar-refractivity contribution in [3.8, 4) is 11.4 Å². The molecule has 7 heteroatoms. The van der Waals surface area contributed by atoms with Crippen LogP contribution < -0.4 is 10.1 Å². The van der Waals surface area contributed by atoms with Crippen LogP contribution in [0.25, 0.3) is 5.69 Å². The Kier molecular flexibility index (Phi) is 10.1. The van der Waals surface area contributed by atoms with E-state index in [-0.39, 0.29) is 29.7 Å². The number of methoxy groups -OCH3 is 1. The minimum Gasteiger partial charge on any atom is -0.497 e. The molecule has 204 valence electrons. The molecule has 0 fully saturated rings. The largest absolute Gasteiger partial charge is 0.497 e. The molecule has 3 aromatic rings. The van der Waals surface area contributed by atoms with Gasteiger partial charge in [-0.25, -0.2) is 4.68 Å². The van der Waals surface area contributed by atoms with Gasteiger partial charge in [0, 0.05) is 18.0 Å². The second-order valence-corrected chi connectivity index (χ2v) is 10.7.